The Morgan fingerprint density at radius 2 is 2.00 bits per heavy atom. The smallest absolute Gasteiger partial charge is 0.245 e. The molecule has 1 aromatic carbocycles. The molecule has 0 spiro atoms. The number of nitrogens with zero attached hydrogens (tertiary/aromatic N) is 2. The molecule has 3 fully saturated rings. The maximum atomic E-state index is 13.5. The fraction of sp³-hybridized carbons (Fsp3) is 0.667. The zero-order valence-corrected chi connectivity index (χ0v) is 18.6. The van der Waals surface area contributed by atoms with E-state index in [-0.39, 0.29) is 29.7 Å². The van der Waals surface area contributed by atoms with Gasteiger partial charge in [0.05, 0.1) is 6.04 Å². The van der Waals surface area contributed by atoms with Gasteiger partial charge >= 0.3 is 0 Å². The van der Waals surface area contributed by atoms with Gasteiger partial charge in [0.15, 0.2) is 0 Å². The maximum Gasteiger partial charge on any atom is 0.245 e. The number of amides is 2. The Bertz CT molecular complexity index is 786. The SMILES string of the molecule is CNC(C)C(=O)NC1CCCC2CC3CCN(CCc4ccc(F)cc4)CC3N2C1=O. The van der Waals surface area contributed by atoms with Crippen LogP contribution in [0.25, 0.3) is 0 Å². The van der Waals surface area contributed by atoms with E-state index in [1.54, 1.807) is 7.05 Å². The third-order valence-electron chi connectivity index (χ3n) is 7.49. The molecule has 3 aliphatic heterocycles. The van der Waals surface area contributed by atoms with E-state index in [0.717, 1.165) is 63.7 Å². The second kappa shape index (κ2) is 9.65. The summed E-state index contributed by atoms with van der Waals surface area (Å²) in [7, 11) is 1.75. The van der Waals surface area contributed by atoms with Gasteiger partial charge < -0.3 is 20.4 Å². The Labute approximate surface area is 184 Å². The molecule has 0 bridgehead atoms. The number of hydrogen-bond acceptors (Lipinski definition) is 4. The van der Waals surface area contributed by atoms with Gasteiger partial charge in [-0.3, -0.25) is 9.59 Å². The van der Waals surface area contributed by atoms with Crippen LogP contribution >= 0.6 is 0 Å². The highest BCUT2D eigenvalue weighted by Gasteiger charge is 2.48. The third kappa shape index (κ3) is 4.93. The quantitative estimate of drug-likeness (QED) is 0.724. The maximum absolute atomic E-state index is 13.5. The minimum Gasteiger partial charge on any atom is -0.343 e. The summed E-state index contributed by atoms with van der Waals surface area (Å²) < 4.78 is 13.2. The first-order valence-corrected chi connectivity index (χ1v) is 11.7. The fourth-order valence-electron chi connectivity index (χ4n) is 5.53. The van der Waals surface area contributed by atoms with E-state index in [4.69, 9.17) is 0 Å². The highest BCUT2D eigenvalue weighted by molar-refractivity contribution is 5.90. The van der Waals surface area contributed by atoms with Gasteiger partial charge in [-0.05, 0) is 82.7 Å². The van der Waals surface area contributed by atoms with E-state index in [0.29, 0.717) is 12.0 Å². The van der Waals surface area contributed by atoms with E-state index in [9.17, 15) is 14.0 Å². The molecule has 6 nitrogen and oxygen atoms in total. The van der Waals surface area contributed by atoms with E-state index in [1.807, 2.05) is 19.1 Å². The van der Waals surface area contributed by atoms with Crippen molar-refractivity contribution in [2.75, 3.05) is 26.7 Å². The van der Waals surface area contributed by atoms with Crippen LogP contribution in [-0.4, -0.2) is 72.5 Å². The summed E-state index contributed by atoms with van der Waals surface area (Å²) in [6.45, 7) is 4.67. The monoisotopic (exact) mass is 430 g/mol. The molecule has 0 aliphatic carbocycles. The molecule has 5 atom stereocenters. The van der Waals surface area contributed by atoms with Crippen molar-refractivity contribution in [3.8, 4) is 0 Å². The fourth-order valence-corrected chi connectivity index (χ4v) is 5.53. The van der Waals surface area contributed by atoms with Crippen molar-refractivity contribution in [1.82, 2.24) is 20.4 Å². The molecule has 5 unspecified atom stereocenters. The van der Waals surface area contributed by atoms with E-state index in [2.05, 4.69) is 20.4 Å². The molecule has 170 valence electrons. The summed E-state index contributed by atoms with van der Waals surface area (Å²) in [5.41, 5.74) is 1.14. The first-order chi connectivity index (χ1) is 15.0. The Morgan fingerprint density at radius 1 is 1.23 bits per heavy atom. The number of hydrogen-bond donors (Lipinski definition) is 2. The van der Waals surface area contributed by atoms with Crippen LogP contribution in [-0.2, 0) is 16.0 Å². The van der Waals surface area contributed by atoms with Crippen LogP contribution in [0.5, 0.6) is 0 Å². The zero-order valence-electron chi connectivity index (χ0n) is 18.6. The predicted molar refractivity (Wildman–Crippen MR) is 118 cm³/mol. The van der Waals surface area contributed by atoms with Crippen molar-refractivity contribution < 1.29 is 14.0 Å². The van der Waals surface area contributed by atoms with Crippen LogP contribution in [0.2, 0.25) is 0 Å². The second-order valence-corrected chi connectivity index (χ2v) is 9.43. The summed E-state index contributed by atoms with van der Waals surface area (Å²) in [6.07, 6.45) is 5.81. The van der Waals surface area contributed by atoms with Gasteiger partial charge in [0.1, 0.15) is 11.9 Å². The highest BCUT2D eigenvalue weighted by atomic mass is 19.1. The van der Waals surface area contributed by atoms with Crippen molar-refractivity contribution in [2.24, 2.45) is 5.92 Å². The molecule has 0 saturated carbocycles. The number of benzene rings is 1. The number of carbonyl (C=O) groups excluding carboxylic acids is 2. The van der Waals surface area contributed by atoms with Crippen LogP contribution in [0.4, 0.5) is 4.39 Å². The Hall–Kier alpha value is -1.99. The molecule has 31 heavy (non-hydrogen) atoms. The van der Waals surface area contributed by atoms with Crippen molar-refractivity contribution in [1.29, 1.82) is 0 Å². The minimum atomic E-state index is -0.415. The highest BCUT2D eigenvalue weighted by Crippen LogP contribution is 2.39. The van der Waals surface area contributed by atoms with Gasteiger partial charge in [0, 0.05) is 25.2 Å². The molecule has 1 aromatic rings. The van der Waals surface area contributed by atoms with Crippen LogP contribution < -0.4 is 10.6 Å². The molecule has 3 aliphatic rings. The van der Waals surface area contributed by atoms with Gasteiger partial charge in [-0.2, -0.15) is 0 Å². The van der Waals surface area contributed by atoms with Crippen LogP contribution in [0.1, 0.15) is 44.6 Å². The number of nitrogens with one attached hydrogen (secondary N) is 2. The summed E-state index contributed by atoms with van der Waals surface area (Å²) in [5.74, 6) is 0.348. The number of halogens is 1. The topological polar surface area (TPSA) is 64.7 Å². The number of rotatable bonds is 6. The van der Waals surface area contributed by atoms with Gasteiger partial charge in [0.2, 0.25) is 11.8 Å². The lowest BCUT2D eigenvalue weighted by molar-refractivity contribution is -0.139. The number of likely N-dealkylation sites (tertiary alicyclic amines) is 1. The minimum absolute atomic E-state index is 0.104. The van der Waals surface area contributed by atoms with Crippen molar-refractivity contribution >= 4 is 11.8 Å². The average molecular weight is 431 g/mol. The Kier molecular flexibility index (Phi) is 6.92. The molecule has 4 rings (SSSR count). The summed E-state index contributed by atoms with van der Waals surface area (Å²) in [5, 5.41) is 5.94. The normalized spacial score (nSPS) is 29.8. The number of likely N-dealkylation sites (N-methyl/N-ethyl adjacent to an activating group) is 1. The van der Waals surface area contributed by atoms with Gasteiger partial charge in [-0.15, -0.1) is 0 Å². The van der Waals surface area contributed by atoms with E-state index < -0.39 is 6.04 Å². The summed E-state index contributed by atoms with van der Waals surface area (Å²) >= 11 is 0. The lowest BCUT2D eigenvalue weighted by Gasteiger charge is -2.40. The molecule has 0 radical (unpaired) electrons. The molecular weight excluding hydrogens is 395 g/mol. The summed E-state index contributed by atoms with van der Waals surface area (Å²) in [4.78, 5) is 30.5. The second-order valence-electron chi connectivity index (χ2n) is 9.43. The largest absolute Gasteiger partial charge is 0.343 e. The summed E-state index contributed by atoms with van der Waals surface area (Å²) in [6, 6.07) is 6.56. The van der Waals surface area contributed by atoms with Crippen LogP contribution in [0, 0.1) is 11.7 Å². The van der Waals surface area contributed by atoms with E-state index >= 15 is 0 Å². The molecule has 3 heterocycles. The predicted octanol–water partition coefficient (Wildman–Crippen LogP) is 1.94. The lowest BCUT2D eigenvalue weighted by Crippen LogP contribution is -2.57. The first kappa shape index (κ1) is 22.2. The van der Waals surface area contributed by atoms with Crippen molar-refractivity contribution in [3.05, 3.63) is 35.6 Å². The lowest BCUT2D eigenvalue weighted by atomic mass is 9.90. The van der Waals surface area contributed by atoms with Gasteiger partial charge in [-0.1, -0.05) is 12.1 Å². The van der Waals surface area contributed by atoms with Crippen molar-refractivity contribution in [2.45, 2.75) is 69.6 Å². The van der Waals surface area contributed by atoms with Crippen molar-refractivity contribution in [3.63, 3.8) is 0 Å². The molecule has 7 heteroatoms. The average Bonchev–Trinajstić information content (AvgIpc) is 3.06. The third-order valence-corrected chi connectivity index (χ3v) is 7.49. The zero-order chi connectivity index (χ0) is 22.0. The Balaban J connectivity index is 1.40. The standard InChI is InChI=1S/C24H35FN4O2/c1-16(26-2)23(30)27-21-5-3-4-20-14-18-11-13-28(15-22(18)29(20)24(21)31)12-10-17-6-8-19(25)9-7-17/h6-9,16,18,20-22,26H,3-5,10-15H2,1-2H3,(H,27,30). The van der Waals surface area contributed by atoms with Crippen LogP contribution in [0.15, 0.2) is 24.3 Å². The number of fused-ring (bicyclic) bond motifs is 3. The molecule has 2 amide bonds. The molecule has 3 saturated heterocycles. The Morgan fingerprint density at radius 3 is 2.74 bits per heavy atom. The van der Waals surface area contributed by atoms with Gasteiger partial charge in [-0.25, -0.2) is 4.39 Å². The molecule has 2 N–H and O–H groups in total. The molecular formula is C24H35FN4O2. The van der Waals surface area contributed by atoms with E-state index in [1.165, 1.54) is 12.1 Å². The van der Waals surface area contributed by atoms with Gasteiger partial charge in [0.25, 0.3) is 0 Å². The van der Waals surface area contributed by atoms with Crippen LogP contribution in [0.3, 0.4) is 0 Å². The first-order valence-electron chi connectivity index (χ1n) is 11.7. The number of piperidine rings is 1. The molecule has 0 aromatic heterocycles. The number of carbonyl (C=O) groups is 2.